The van der Waals surface area contributed by atoms with Crippen LogP contribution in [0.3, 0.4) is 0 Å². The molecule has 1 atom stereocenters. The van der Waals surface area contributed by atoms with Gasteiger partial charge in [0.05, 0.1) is 11.3 Å². The van der Waals surface area contributed by atoms with E-state index in [4.69, 9.17) is 14.6 Å². The van der Waals surface area contributed by atoms with Crippen LogP contribution in [0.15, 0.2) is 84.3 Å². The van der Waals surface area contributed by atoms with Gasteiger partial charge >= 0.3 is 0 Å². The fraction of sp³-hybridized carbons (Fsp3) is 0.143. The van der Waals surface area contributed by atoms with Gasteiger partial charge < -0.3 is 14.7 Å². The fourth-order valence-electron chi connectivity index (χ4n) is 4.43. The highest BCUT2D eigenvalue weighted by Crippen LogP contribution is 2.48. The number of aromatic nitrogens is 4. The van der Waals surface area contributed by atoms with E-state index in [1.165, 1.54) is 5.56 Å². The quantitative estimate of drug-likeness (QED) is 0.265. The number of ether oxygens (including phenoxy) is 1. The molecular formula is C28H23N5O3. The number of rotatable bonds is 5. The smallest absolute Gasteiger partial charge is 0.228 e. The maximum atomic E-state index is 10.0. The van der Waals surface area contributed by atoms with Gasteiger partial charge in [-0.25, -0.2) is 14.5 Å². The molecule has 2 aromatic heterocycles. The lowest BCUT2D eigenvalue weighted by Crippen LogP contribution is -2.14. The Morgan fingerprint density at radius 3 is 2.69 bits per heavy atom. The van der Waals surface area contributed by atoms with Gasteiger partial charge in [0, 0.05) is 17.5 Å². The van der Waals surface area contributed by atoms with Crippen LogP contribution in [0, 0.1) is 6.92 Å². The molecule has 0 spiro atoms. The standard InChI is InChI=1S/C28H23N5O3/c1-17-8-10-19(11-9-17)18(2)32-35-15-24-30-27-26-25(20-6-4-3-5-7-20)22-13-12-21(34)14-23(22)36-28(26)29-16-33(27)31-24/h3-14,16,25,34H,15H2,1-2H3/b32-18+/t25-/m0/s1. The van der Waals surface area contributed by atoms with Gasteiger partial charge in [0.2, 0.25) is 5.88 Å². The average Bonchev–Trinajstić information content (AvgIpc) is 3.31. The van der Waals surface area contributed by atoms with Crippen molar-refractivity contribution in [1.29, 1.82) is 0 Å². The van der Waals surface area contributed by atoms with Crippen LogP contribution < -0.4 is 4.74 Å². The van der Waals surface area contributed by atoms with E-state index in [9.17, 15) is 5.11 Å². The minimum atomic E-state index is -0.193. The SMILES string of the molecule is C/C(=N\OCc1nc2c3c(ncn2n1)Oc1cc(O)ccc1[C@@H]3c1ccccc1)c1ccc(C)cc1. The average molecular weight is 478 g/mol. The lowest BCUT2D eigenvalue weighted by Gasteiger charge is -2.27. The number of hydrogen-bond donors (Lipinski definition) is 1. The molecule has 0 bridgehead atoms. The molecule has 36 heavy (non-hydrogen) atoms. The summed E-state index contributed by atoms with van der Waals surface area (Å²) in [7, 11) is 0. The Kier molecular flexibility index (Phi) is 5.33. The molecule has 0 saturated heterocycles. The van der Waals surface area contributed by atoms with Crippen LogP contribution in [-0.4, -0.2) is 30.4 Å². The maximum absolute atomic E-state index is 10.0. The second-order valence-electron chi connectivity index (χ2n) is 8.74. The number of hydrogen-bond acceptors (Lipinski definition) is 7. The molecular weight excluding hydrogens is 454 g/mol. The largest absolute Gasteiger partial charge is 0.508 e. The van der Waals surface area contributed by atoms with Gasteiger partial charge in [0.25, 0.3) is 0 Å². The normalized spacial score (nSPS) is 14.7. The van der Waals surface area contributed by atoms with Gasteiger partial charge in [0.15, 0.2) is 18.1 Å². The Labute approximate surface area is 207 Å². The van der Waals surface area contributed by atoms with Crippen molar-refractivity contribution in [2.75, 3.05) is 0 Å². The summed E-state index contributed by atoms with van der Waals surface area (Å²) in [6.07, 6.45) is 1.57. The van der Waals surface area contributed by atoms with Crippen molar-refractivity contribution in [3.8, 4) is 17.4 Å². The van der Waals surface area contributed by atoms with E-state index in [2.05, 4.69) is 27.4 Å². The van der Waals surface area contributed by atoms with Crippen molar-refractivity contribution in [3.05, 3.63) is 113 Å². The van der Waals surface area contributed by atoms with Gasteiger partial charge in [-0.2, -0.15) is 0 Å². The topological polar surface area (TPSA) is 94.1 Å². The number of fused-ring (bicyclic) bond motifs is 4. The summed E-state index contributed by atoms with van der Waals surface area (Å²) in [5, 5.41) is 18.8. The molecule has 0 fully saturated rings. The second kappa shape index (κ2) is 8.81. The van der Waals surface area contributed by atoms with Crippen LogP contribution in [0.1, 0.15) is 46.5 Å². The summed E-state index contributed by atoms with van der Waals surface area (Å²) in [5.41, 5.74) is 6.37. The predicted molar refractivity (Wildman–Crippen MR) is 135 cm³/mol. The molecule has 3 aromatic carbocycles. The molecule has 0 radical (unpaired) electrons. The van der Waals surface area contributed by atoms with Crippen LogP contribution in [0.25, 0.3) is 5.65 Å². The van der Waals surface area contributed by atoms with E-state index in [-0.39, 0.29) is 18.3 Å². The number of nitrogens with zero attached hydrogens (tertiary/aromatic N) is 5. The van der Waals surface area contributed by atoms with Gasteiger partial charge in [-0.15, -0.1) is 5.10 Å². The number of benzene rings is 3. The molecule has 3 heterocycles. The first-order valence-corrected chi connectivity index (χ1v) is 11.6. The summed E-state index contributed by atoms with van der Waals surface area (Å²) in [6, 6.07) is 23.3. The Hall–Kier alpha value is -4.72. The van der Waals surface area contributed by atoms with Crippen molar-refractivity contribution in [3.63, 3.8) is 0 Å². The summed E-state index contributed by atoms with van der Waals surface area (Å²) in [6.45, 7) is 4.06. The van der Waals surface area contributed by atoms with Crippen molar-refractivity contribution < 1.29 is 14.7 Å². The molecule has 1 N–H and O–H groups in total. The van der Waals surface area contributed by atoms with Crippen LogP contribution in [0.4, 0.5) is 0 Å². The van der Waals surface area contributed by atoms with Crippen LogP contribution in [0.2, 0.25) is 0 Å². The van der Waals surface area contributed by atoms with E-state index in [1.54, 1.807) is 23.0 Å². The van der Waals surface area contributed by atoms with Crippen LogP contribution in [-0.2, 0) is 11.4 Å². The zero-order valence-corrected chi connectivity index (χ0v) is 19.8. The molecule has 8 nitrogen and oxygen atoms in total. The van der Waals surface area contributed by atoms with E-state index in [1.807, 2.05) is 62.4 Å². The molecule has 178 valence electrons. The number of phenolic OH excluding ortho intramolecular Hbond substituents is 1. The molecule has 1 aliphatic heterocycles. The zero-order valence-electron chi connectivity index (χ0n) is 19.8. The summed E-state index contributed by atoms with van der Waals surface area (Å²) >= 11 is 0. The number of oxime groups is 1. The Balaban J connectivity index is 1.36. The second-order valence-corrected chi connectivity index (χ2v) is 8.74. The monoisotopic (exact) mass is 477 g/mol. The summed E-state index contributed by atoms with van der Waals surface area (Å²) < 4.78 is 7.73. The summed E-state index contributed by atoms with van der Waals surface area (Å²) in [5.74, 6) is 1.42. The Morgan fingerprint density at radius 2 is 1.89 bits per heavy atom. The van der Waals surface area contributed by atoms with Crippen LogP contribution >= 0.6 is 0 Å². The highest BCUT2D eigenvalue weighted by Gasteiger charge is 2.33. The van der Waals surface area contributed by atoms with E-state index >= 15 is 0 Å². The minimum Gasteiger partial charge on any atom is -0.508 e. The van der Waals surface area contributed by atoms with Crippen molar-refractivity contribution in [2.45, 2.75) is 26.4 Å². The Morgan fingerprint density at radius 1 is 1.08 bits per heavy atom. The third-order valence-corrected chi connectivity index (χ3v) is 6.23. The third kappa shape index (κ3) is 3.92. The first-order chi connectivity index (χ1) is 17.6. The van der Waals surface area contributed by atoms with Crippen molar-refractivity contribution in [2.24, 2.45) is 5.16 Å². The van der Waals surface area contributed by atoms with Gasteiger partial charge in [0.1, 0.15) is 17.8 Å². The first-order valence-electron chi connectivity index (χ1n) is 11.6. The minimum absolute atomic E-state index is 0.112. The highest BCUT2D eigenvalue weighted by molar-refractivity contribution is 5.98. The van der Waals surface area contributed by atoms with E-state index in [0.717, 1.165) is 28.0 Å². The van der Waals surface area contributed by atoms with Crippen molar-refractivity contribution >= 4 is 11.4 Å². The zero-order chi connectivity index (χ0) is 24.6. The molecule has 8 heteroatoms. The maximum Gasteiger partial charge on any atom is 0.228 e. The predicted octanol–water partition coefficient (Wildman–Crippen LogP) is 5.37. The van der Waals surface area contributed by atoms with Gasteiger partial charge in [-0.1, -0.05) is 71.4 Å². The molecule has 0 saturated carbocycles. The number of aromatic hydroxyl groups is 1. The van der Waals surface area contributed by atoms with E-state index < -0.39 is 0 Å². The number of aryl methyl sites for hydroxylation is 1. The molecule has 0 aliphatic carbocycles. The molecule has 1 aliphatic rings. The van der Waals surface area contributed by atoms with E-state index in [0.29, 0.717) is 23.1 Å². The summed E-state index contributed by atoms with van der Waals surface area (Å²) in [4.78, 5) is 14.9. The molecule has 0 amide bonds. The fourth-order valence-corrected chi connectivity index (χ4v) is 4.43. The van der Waals surface area contributed by atoms with Gasteiger partial charge in [-0.3, -0.25) is 0 Å². The lowest BCUT2D eigenvalue weighted by molar-refractivity contribution is 0.125. The highest BCUT2D eigenvalue weighted by atomic mass is 16.6. The first kappa shape index (κ1) is 21.8. The lowest BCUT2D eigenvalue weighted by atomic mass is 9.84. The Bertz CT molecular complexity index is 1590. The third-order valence-electron chi connectivity index (χ3n) is 6.23. The van der Waals surface area contributed by atoms with Gasteiger partial charge in [-0.05, 0) is 31.0 Å². The molecule has 5 aromatic rings. The van der Waals surface area contributed by atoms with Crippen LogP contribution in [0.5, 0.6) is 17.4 Å². The number of phenols is 1. The van der Waals surface area contributed by atoms with Crippen molar-refractivity contribution in [1.82, 2.24) is 19.6 Å². The molecule has 0 unspecified atom stereocenters. The molecule has 6 rings (SSSR count).